The molecule has 2 rings (SSSR count). The van der Waals surface area contributed by atoms with Crippen LogP contribution in [0.5, 0.6) is 0 Å². The second-order valence-electron chi connectivity index (χ2n) is 4.35. The minimum Gasteiger partial charge on any atom is -0.489 e. The number of benzene rings is 1. The summed E-state index contributed by atoms with van der Waals surface area (Å²) in [5, 5.41) is 0. The molecule has 1 aromatic rings. The lowest BCUT2D eigenvalue weighted by molar-refractivity contribution is -0.140. The molecule has 1 aromatic carbocycles. The lowest BCUT2D eigenvalue weighted by atomic mass is 9.98. The Morgan fingerprint density at radius 3 is 2.68 bits per heavy atom. The van der Waals surface area contributed by atoms with Crippen molar-refractivity contribution in [2.24, 2.45) is 0 Å². The predicted molar refractivity (Wildman–Crippen MR) is 70.2 cm³/mol. The van der Waals surface area contributed by atoms with E-state index in [1.807, 2.05) is 25.1 Å². The molecule has 0 fully saturated rings. The first kappa shape index (κ1) is 13.3. The highest BCUT2D eigenvalue weighted by Gasteiger charge is 2.32. The number of carbonyl (C=O) groups is 2. The normalized spacial score (nSPS) is 19.1. The van der Waals surface area contributed by atoms with Gasteiger partial charge in [0.1, 0.15) is 17.4 Å². The Labute approximate surface area is 112 Å². The van der Waals surface area contributed by atoms with Gasteiger partial charge in [-0.3, -0.25) is 4.79 Å². The van der Waals surface area contributed by atoms with Crippen molar-refractivity contribution in [1.82, 2.24) is 0 Å². The van der Waals surface area contributed by atoms with Crippen LogP contribution in [0.1, 0.15) is 25.8 Å². The van der Waals surface area contributed by atoms with Crippen LogP contribution in [0.3, 0.4) is 0 Å². The molecule has 19 heavy (non-hydrogen) atoms. The first-order valence-electron chi connectivity index (χ1n) is 6.30. The molecule has 1 atom stereocenters. The average molecular weight is 260 g/mol. The topological polar surface area (TPSA) is 52.6 Å². The van der Waals surface area contributed by atoms with Crippen LogP contribution >= 0.6 is 0 Å². The first-order valence-corrected chi connectivity index (χ1v) is 6.30. The van der Waals surface area contributed by atoms with Gasteiger partial charge >= 0.3 is 5.97 Å². The molecule has 0 N–H and O–H groups in total. The Balaban J connectivity index is 2.49. The summed E-state index contributed by atoms with van der Waals surface area (Å²) in [7, 11) is 0. The summed E-state index contributed by atoms with van der Waals surface area (Å²) in [6.07, 6.45) is -0.0364. The van der Waals surface area contributed by atoms with E-state index in [-0.39, 0.29) is 30.5 Å². The second-order valence-corrected chi connectivity index (χ2v) is 4.35. The van der Waals surface area contributed by atoms with Crippen LogP contribution in [0.4, 0.5) is 0 Å². The fraction of sp³-hybridized carbons (Fsp3) is 0.333. The lowest BCUT2D eigenvalue weighted by Crippen LogP contribution is -2.28. The zero-order chi connectivity index (χ0) is 13.8. The van der Waals surface area contributed by atoms with Crippen molar-refractivity contribution in [3.8, 4) is 0 Å². The number of carbonyl (C=O) groups excluding carboxylic acids is 2. The molecule has 1 unspecified atom stereocenters. The zero-order valence-corrected chi connectivity index (χ0v) is 11.0. The van der Waals surface area contributed by atoms with Crippen molar-refractivity contribution < 1.29 is 19.1 Å². The number of ether oxygens (including phenoxy) is 2. The number of Topliss-reactive ketones (excluding diaryl/α,β-unsaturated/α-hetero) is 1. The van der Waals surface area contributed by atoms with Gasteiger partial charge in [-0.1, -0.05) is 30.3 Å². The highest BCUT2D eigenvalue weighted by atomic mass is 16.5. The number of hydrogen-bond donors (Lipinski definition) is 0. The Morgan fingerprint density at radius 2 is 2.05 bits per heavy atom. The molecule has 0 radical (unpaired) electrons. The van der Waals surface area contributed by atoms with Crippen molar-refractivity contribution in [3.63, 3.8) is 0 Å². The number of ketones is 1. The Bertz CT molecular complexity index is 516. The SMILES string of the molecule is CCOC(=O)C1=C(c2ccccc2)OC(C)CC1=O. The van der Waals surface area contributed by atoms with Crippen LogP contribution in [-0.2, 0) is 19.1 Å². The maximum Gasteiger partial charge on any atom is 0.345 e. The molecule has 0 bridgehead atoms. The molecule has 4 nitrogen and oxygen atoms in total. The number of rotatable bonds is 3. The van der Waals surface area contributed by atoms with Crippen molar-refractivity contribution in [2.45, 2.75) is 26.4 Å². The molecule has 0 spiro atoms. The standard InChI is InChI=1S/C15H16O4/c1-3-18-15(17)13-12(16)9-10(2)19-14(13)11-7-5-4-6-8-11/h4-8,10H,3,9H2,1-2H3. The van der Waals surface area contributed by atoms with Crippen LogP contribution in [0.15, 0.2) is 35.9 Å². The molecule has 0 aliphatic carbocycles. The van der Waals surface area contributed by atoms with Gasteiger partial charge in [0.25, 0.3) is 0 Å². The number of esters is 1. The lowest BCUT2D eigenvalue weighted by Gasteiger charge is -2.24. The highest BCUT2D eigenvalue weighted by Crippen LogP contribution is 2.29. The molecule has 1 aliphatic heterocycles. The van der Waals surface area contributed by atoms with Gasteiger partial charge in [0.2, 0.25) is 0 Å². The maximum absolute atomic E-state index is 12.1. The van der Waals surface area contributed by atoms with Crippen LogP contribution in [0.2, 0.25) is 0 Å². The Hall–Kier alpha value is -2.10. The van der Waals surface area contributed by atoms with Gasteiger partial charge in [-0.25, -0.2) is 4.79 Å². The van der Waals surface area contributed by atoms with Crippen molar-refractivity contribution in [1.29, 1.82) is 0 Å². The van der Waals surface area contributed by atoms with Crippen LogP contribution < -0.4 is 0 Å². The smallest absolute Gasteiger partial charge is 0.345 e. The Morgan fingerprint density at radius 1 is 1.37 bits per heavy atom. The van der Waals surface area contributed by atoms with E-state index in [2.05, 4.69) is 0 Å². The molecule has 0 saturated carbocycles. The van der Waals surface area contributed by atoms with Gasteiger partial charge in [-0.15, -0.1) is 0 Å². The minimum atomic E-state index is -0.613. The fourth-order valence-corrected chi connectivity index (χ4v) is 2.00. The third-order valence-corrected chi connectivity index (χ3v) is 2.81. The molecular formula is C15H16O4. The van der Waals surface area contributed by atoms with Gasteiger partial charge in [0.05, 0.1) is 6.61 Å². The fourth-order valence-electron chi connectivity index (χ4n) is 2.00. The monoisotopic (exact) mass is 260 g/mol. The number of hydrogen-bond acceptors (Lipinski definition) is 4. The molecule has 0 amide bonds. The van der Waals surface area contributed by atoms with E-state index in [9.17, 15) is 9.59 Å². The third-order valence-electron chi connectivity index (χ3n) is 2.81. The van der Waals surface area contributed by atoms with Gasteiger partial charge < -0.3 is 9.47 Å². The molecular weight excluding hydrogens is 244 g/mol. The summed E-state index contributed by atoms with van der Waals surface area (Å²) < 4.78 is 10.6. The van der Waals surface area contributed by atoms with E-state index in [1.165, 1.54) is 0 Å². The van der Waals surface area contributed by atoms with E-state index in [4.69, 9.17) is 9.47 Å². The summed E-state index contributed by atoms with van der Waals surface area (Å²) in [5.74, 6) is -0.517. The van der Waals surface area contributed by atoms with Crippen molar-refractivity contribution >= 4 is 17.5 Å². The summed E-state index contributed by atoms with van der Waals surface area (Å²) in [4.78, 5) is 24.0. The quantitative estimate of drug-likeness (QED) is 0.618. The van der Waals surface area contributed by atoms with Crippen LogP contribution in [-0.4, -0.2) is 24.5 Å². The van der Waals surface area contributed by atoms with E-state index in [1.54, 1.807) is 19.1 Å². The molecule has 4 heteroatoms. The molecule has 1 aliphatic rings. The maximum atomic E-state index is 12.1. The van der Waals surface area contributed by atoms with Crippen LogP contribution in [0, 0.1) is 0 Å². The molecule has 100 valence electrons. The van der Waals surface area contributed by atoms with Gasteiger partial charge in [0.15, 0.2) is 5.78 Å². The van der Waals surface area contributed by atoms with Crippen molar-refractivity contribution in [3.05, 3.63) is 41.5 Å². The minimum absolute atomic E-state index is 0.0196. The second kappa shape index (κ2) is 5.69. The molecule has 0 saturated heterocycles. The summed E-state index contributed by atoms with van der Waals surface area (Å²) in [5.41, 5.74) is 0.733. The third kappa shape index (κ3) is 2.84. The highest BCUT2D eigenvalue weighted by molar-refractivity contribution is 6.22. The average Bonchev–Trinajstić information content (AvgIpc) is 2.39. The van der Waals surface area contributed by atoms with Gasteiger partial charge in [-0.2, -0.15) is 0 Å². The predicted octanol–water partition coefficient (Wildman–Crippen LogP) is 2.34. The van der Waals surface area contributed by atoms with E-state index in [0.29, 0.717) is 11.3 Å². The van der Waals surface area contributed by atoms with Crippen molar-refractivity contribution in [2.75, 3.05) is 6.61 Å². The van der Waals surface area contributed by atoms with E-state index < -0.39 is 5.97 Å². The largest absolute Gasteiger partial charge is 0.489 e. The summed E-state index contributed by atoms with van der Waals surface area (Å²) in [6.45, 7) is 3.74. The zero-order valence-electron chi connectivity index (χ0n) is 11.0. The van der Waals surface area contributed by atoms with Gasteiger partial charge in [0, 0.05) is 12.0 Å². The summed E-state index contributed by atoms with van der Waals surface area (Å²) in [6, 6.07) is 9.14. The van der Waals surface area contributed by atoms with E-state index in [0.717, 1.165) is 0 Å². The summed E-state index contributed by atoms with van der Waals surface area (Å²) >= 11 is 0. The van der Waals surface area contributed by atoms with E-state index >= 15 is 0 Å². The first-order chi connectivity index (χ1) is 9.13. The van der Waals surface area contributed by atoms with Gasteiger partial charge in [-0.05, 0) is 13.8 Å². The Kier molecular flexibility index (Phi) is 4.00. The molecule has 0 aromatic heterocycles. The molecule has 1 heterocycles. The van der Waals surface area contributed by atoms with Crippen LogP contribution in [0.25, 0.3) is 5.76 Å².